The van der Waals surface area contributed by atoms with Crippen molar-refractivity contribution < 1.29 is 14.3 Å². The minimum atomic E-state index is 0. The van der Waals surface area contributed by atoms with Crippen molar-refractivity contribution in [2.75, 3.05) is 7.11 Å². The molecule has 4 rings (SSSR count). The summed E-state index contributed by atoms with van der Waals surface area (Å²) in [7, 11) is 1.62. The van der Waals surface area contributed by atoms with E-state index in [1.54, 1.807) is 13.3 Å². The van der Waals surface area contributed by atoms with Gasteiger partial charge in [-0.1, -0.05) is 12.1 Å². The van der Waals surface area contributed by atoms with E-state index in [0.717, 1.165) is 24.2 Å². The molecule has 2 N–H and O–H groups in total. The molecule has 1 aromatic carbocycles. The maximum Gasteiger partial charge on any atom is 0.224 e. The summed E-state index contributed by atoms with van der Waals surface area (Å²) in [6.07, 6.45) is 7.02. The molecule has 3 heterocycles. The van der Waals surface area contributed by atoms with E-state index >= 15 is 0 Å². The maximum absolute atomic E-state index is 12.5. The highest BCUT2D eigenvalue weighted by Crippen LogP contribution is 2.32. The summed E-state index contributed by atoms with van der Waals surface area (Å²) < 4.78 is 11.2. The number of pyridine rings is 1. The molecule has 164 valence electrons. The number of carbonyl (C=O) groups excluding carboxylic acids is 1. The molecule has 2 bridgehead atoms. The van der Waals surface area contributed by atoms with Crippen molar-refractivity contribution in [1.82, 2.24) is 15.6 Å². The van der Waals surface area contributed by atoms with E-state index in [2.05, 4.69) is 15.6 Å². The zero-order chi connectivity index (χ0) is 19.3. The number of nitrogens with zero attached hydrogens (tertiary/aromatic N) is 1. The van der Waals surface area contributed by atoms with Crippen molar-refractivity contribution in [3.63, 3.8) is 0 Å². The fraction of sp³-hybridized carbons (Fsp3) is 0.455. The predicted molar refractivity (Wildman–Crippen MR) is 121 cm³/mol. The highest BCUT2D eigenvalue weighted by atomic mass is 35.5. The Kier molecular flexibility index (Phi) is 9.21. The number of ether oxygens (including phenoxy) is 2. The van der Waals surface area contributed by atoms with E-state index in [1.807, 2.05) is 36.4 Å². The number of fused-ring (bicyclic) bond motifs is 2. The number of piperidine rings is 1. The second kappa shape index (κ2) is 11.4. The first kappa shape index (κ1) is 24.3. The molecular formula is C22H29Cl2N3O3. The molecule has 2 saturated heterocycles. The standard InChI is InChI=1S/C22H27N3O3.2ClH/c1-27-19-5-2-6-20(13-19)28-22-16(4-3-9-23-22)14-24-21(26)12-15-10-17-7-8-18(11-15)25-17;;/h2-6,9,13,15,17-18,25H,7-8,10-12,14H2,1H3,(H,24,26);2*1H. The number of methoxy groups -OCH3 is 1. The van der Waals surface area contributed by atoms with E-state index < -0.39 is 0 Å². The van der Waals surface area contributed by atoms with Crippen LogP contribution in [-0.2, 0) is 11.3 Å². The summed E-state index contributed by atoms with van der Waals surface area (Å²) in [4.78, 5) is 16.8. The first-order chi connectivity index (χ1) is 13.7. The molecule has 0 saturated carbocycles. The van der Waals surface area contributed by atoms with Gasteiger partial charge in [-0.15, -0.1) is 24.8 Å². The molecule has 2 atom stereocenters. The summed E-state index contributed by atoms with van der Waals surface area (Å²) in [5.74, 6) is 2.45. The lowest BCUT2D eigenvalue weighted by atomic mass is 9.89. The normalized spacial score (nSPS) is 21.7. The molecule has 2 aromatic rings. The van der Waals surface area contributed by atoms with Crippen LogP contribution >= 0.6 is 24.8 Å². The molecule has 6 nitrogen and oxygen atoms in total. The van der Waals surface area contributed by atoms with Gasteiger partial charge in [-0.25, -0.2) is 4.98 Å². The molecule has 2 aliphatic heterocycles. The highest BCUT2D eigenvalue weighted by molar-refractivity contribution is 5.85. The Morgan fingerprint density at radius 2 is 1.87 bits per heavy atom. The van der Waals surface area contributed by atoms with Crippen molar-refractivity contribution in [1.29, 1.82) is 0 Å². The lowest BCUT2D eigenvalue weighted by Gasteiger charge is -2.28. The third kappa shape index (κ3) is 6.24. The van der Waals surface area contributed by atoms with Gasteiger partial charge in [0.05, 0.1) is 7.11 Å². The summed E-state index contributed by atoms with van der Waals surface area (Å²) in [5.41, 5.74) is 0.851. The Bertz CT molecular complexity index is 825. The lowest BCUT2D eigenvalue weighted by molar-refractivity contribution is -0.122. The summed E-state index contributed by atoms with van der Waals surface area (Å²) in [6, 6.07) is 12.4. The van der Waals surface area contributed by atoms with Gasteiger partial charge in [0, 0.05) is 42.9 Å². The van der Waals surface area contributed by atoms with Gasteiger partial charge in [0.25, 0.3) is 0 Å². The highest BCUT2D eigenvalue weighted by Gasteiger charge is 2.34. The predicted octanol–water partition coefficient (Wildman–Crippen LogP) is 4.26. The number of aromatic nitrogens is 1. The molecule has 2 aliphatic rings. The largest absolute Gasteiger partial charge is 0.497 e. The molecule has 1 aromatic heterocycles. The first-order valence-electron chi connectivity index (χ1n) is 9.98. The number of halogens is 2. The van der Waals surface area contributed by atoms with Crippen LogP contribution in [0.2, 0.25) is 0 Å². The van der Waals surface area contributed by atoms with Crippen LogP contribution in [-0.4, -0.2) is 30.1 Å². The van der Waals surface area contributed by atoms with Gasteiger partial charge in [0.1, 0.15) is 11.5 Å². The Morgan fingerprint density at radius 3 is 2.60 bits per heavy atom. The van der Waals surface area contributed by atoms with Crippen molar-refractivity contribution in [3.05, 3.63) is 48.2 Å². The van der Waals surface area contributed by atoms with Crippen LogP contribution in [0.25, 0.3) is 0 Å². The Labute approximate surface area is 190 Å². The van der Waals surface area contributed by atoms with Crippen LogP contribution < -0.4 is 20.1 Å². The third-order valence-electron chi connectivity index (χ3n) is 5.63. The van der Waals surface area contributed by atoms with Crippen LogP contribution in [0.1, 0.15) is 37.7 Å². The first-order valence-corrected chi connectivity index (χ1v) is 9.98. The van der Waals surface area contributed by atoms with Gasteiger partial charge in [-0.2, -0.15) is 0 Å². The van der Waals surface area contributed by atoms with Gasteiger partial charge in [-0.05, 0) is 49.8 Å². The molecule has 1 amide bonds. The summed E-state index contributed by atoms with van der Waals surface area (Å²) in [5, 5.41) is 6.67. The smallest absolute Gasteiger partial charge is 0.224 e. The number of benzene rings is 1. The van der Waals surface area contributed by atoms with Crippen molar-refractivity contribution in [2.45, 2.75) is 50.7 Å². The number of rotatable bonds is 7. The van der Waals surface area contributed by atoms with E-state index in [0.29, 0.717) is 42.6 Å². The molecule has 0 radical (unpaired) electrons. The number of hydrogen-bond acceptors (Lipinski definition) is 5. The van der Waals surface area contributed by atoms with Crippen molar-refractivity contribution in [3.8, 4) is 17.4 Å². The monoisotopic (exact) mass is 453 g/mol. The average Bonchev–Trinajstić information content (AvgIpc) is 3.05. The molecule has 8 heteroatoms. The van der Waals surface area contributed by atoms with Gasteiger partial charge >= 0.3 is 0 Å². The molecule has 2 unspecified atom stereocenters. The number of hydrogen-bond donors (Lipinski definition) is 2. The van der Waals surface area contributed by atoms with E-state index in [-0.39, 0.29) is 30.7 Å². The summed E-state index contributed by atoms with van der Waals surface area (Å²) in [6.45, 7) is 0.407. The Balaban J connectivity index is 0.00000160. The third-order valence-corrected chi connectivity index (χ3v) is 5.63. The average molecular weight is 454 g/mol. The second-order valence-corrected chi connectivity index (χ2v) is 7.70. The lowest BCUT2D eigenvalue weighted by Crippen LogP contribution is -2.39. The van der Waals surface area contributed by atoms with E-state index in [1.165, 1.54) is 12.8 Å². The van der Waals surface area contributed by atoms with Gasteiger partial charge in [-0.3, -0.25) is 4.79 Å². The Morgan fingerprint density at radius 1 is 1.13 bits per heavy atom. The summed E-state index contributed by atoms with van der Waals surface area (Å²) >= 11 is 0. The quantitative estimate of drug-likeness (QED) is 0.654. The Hall–Kier alpha value is -2.02. The molecule has 0 aliphatic carbocycles. The van der Waals surface area contributed by atoms with Gasteiger partial charge in [0.15, 0.2) is 0 Å². The maximum atomic E-state index is 12.5. The minimum Gasteiger partial charge on any atom is -0.497 e. The molecule has 30 heavy (non-hydrogen) atoms. The minimum absolute atomic E-state index is 0. The van der Waals surface area contributed by atoms with Gasteiger partial charge < -0.3 is 20.1 Å². The second-order valence-electron chi connectivity index (χ2n) is 7.70. The topological polar surface area (TPSA) is 72.5 Å². The van der Waals surface area contributed by atoms with Crippen LogP contribution in [0.15, 0.2) is 42.6 Å². The fourth-order valence-electron chi connectivity index (χ4n) is 4.30. The van der Waals surface area contributed by atoms with Crippen LogP contribution in [0.5, 0.6) is 17.4 Å². The number of carbonyl (C=O) groups is 1. The van der Waals surface area contributed by atoms with Gasteiger partial charge in [0.2, 0.25) is 11.8 Å². The van der Waals surface area contributed by atoms with E-state index in [9.17, 15) is 4.79 Å². The van der Waals surface area contributed by atoms with Crippen LogP contribution in [0.4, 0.5) is 0 Å². The SMILES string of the molecule is COc1cccc(Oc2ncccc2CNC(=O)CC2CC3CCC(C2)N3)c1.Cl.Cl. The number of amides is 1. The zero-order valence-corrected chi connectivity index (χ0v) is 18.6. The van der Waals surface area contributed by atoms with Crippen molar-refractivity contribution >= 4 is 30.7 Å². The van der Waals surface area contributed by atoms with Crippen LogP contribution in [0.3, 0.4) is 0 Å². The molecule has 0 spiro atoms. The van der Waals surface area contributed by atoms with Crippen LogP contribution in [0, 0.1) is 5.92 Å². The van der Waals surface area contributed by atoms with E-state index in [4.69, 9.17) is 9.47 Å². The molecular weight excluding hydrogens is 425 g/mol. The number of nitrogens with one attached hydrogen (secondary N) is 2. The molecule has 2 fully saturated rings. The van der Waals surface area contributed by atoms with Crippen molar-refractivity contribution in [2.24, 2.45) is 5.92 Å². The zero-order valence-electron chi connectivity index (χ0n) is 17.0. The fourth-order valence-corrected chi connectivity index (χ4v) is 4.30.